The van der Waals surface area contributed by atoms with Crippen LogP contribution in [0.4, 0.5) is 0 Å². The van der Waals surface area contributed by atoms with Crippen LogP contribution in [0.1, 0.15) is 6.92 Å². The SMILES string of the molecule is CN[C@H]1[C@H]([C@@H](O)[C@@H](O)CO)OC(C)=C[C@@H]1N=[N+]=[N-]. The Balaban J connectivity index is 2.97. The number of hydrogen-bond donors (Lipinski definition) is 4. The Kier molecular flexibility index (Phi) is 5.39. The molecule has 0 radical (unpaired) electrons. The van der Waals surface area contributed by atoms with Crippen molar-refractivity contribution < 1.29 is 20.1 Å². The van der Waals surface area contributed by atoms with E-state index in [1.807, 2.05) is 0 Å². The minimum absolute atomic E-state index is 0.485. The molecule has 0 aromatic carbocycles. The lowest BCUT2D eigenvalue weighted by Gasteiger charge is -2.38. The second kappa shape index (κ2) is 6.58. The van der Waals surface area contributed by atoms with Gasteiger partial charge in [0.15, 0.2) is 0 Å². The van der Waals surface area contributed by atoms with Crippen molar-refractivity contribution in [2.75, 3.05) is 13.7 Å². The molecule has 0 spiro atoms. The number of allylic oxidation sites excluding steroid dienone is 1. The van der Waals surface area contributed by atoms with Gasteiger partial charge in [0.05, 0.1) is 24.4 Å². The molecule has 0 aromatic rings. The van der Waals surface area contributed by atoms with Gasteiger partial charge < -0.3 is 25.4 Å². The molecule has 0 saturated carbocycles. The second-order valence-corrected chi connectivity index (χ2v) is 4.11. The minimum atomic E-state index is -1.32. The molecule has 102 valence electrons. The van der Waals surface area contributed by atoms with Crippen LogP contribution in [0.15, 0.2) is 16.9 Å². The van der Waals surface area contributed by atoms with Gasteiger partial charge in [0, 0.05) is 4.91 Å². The third-order valence-corrected chi connectivity index (χ3v) is 2.89. The van der Waals surface area contributed by atoms with E-state index >= 15 is 0 Å². The standard InChI is InChI=1S/C10H18N4O4/c1-5-3-6(13-14-11)8(12-2)10(18-5)9(17)7(16)4-15/h3,6-10,12,15-17H,4H2,1-2H3/t6-,7-,8+,9-,10+/m0/s1. The Morgan fingerprint density at radius 3 is 2.78 bits per heavy atom. The smallest absolute Gasteiger partial charge is 0.142 e. The van der Waals surface area contributed by atoms with Crippen LogP contribution in [-0.2, 0) is 4.74 Å². The van der Waals surface area contributed by atoms with Crippen LogP contribution in [0.2, 0.25) is 0 Å². The van der Waals surface area contributed by atoms with E-state index in [4.69, 9.17) is 15.4 Å². The Bertz CT molecular complexity index is 356. The quantitative estimate of drug-likeness (QED) is 0.293. The Labute approximate surface area is 105 Å². The van der Waals surface area contributed by atoms with E-state index in [0.717, 1.165) is 0 Å². The lowest BCUT2D eigenvalue weighted by atomic mass is 9.93. The summed E-state index contributed by atoms with van der Waals surface area (Å²) in [5, 5.41) is 34.7. The fourth-order valence-electron chi connectivity index (χ4n) is 1.97. The number of ether oxygens (including phenoxy) is 1. The van der Waals surface area contributed by atoms with Gasteiger partial charge in [0.2, 0.25) is 0 Å². The molecule has 5 atom stereocenters. The van der Waals surface area contributed by atoms with Gasteiger partial charge in [-0.3, -0.25) is 0 Å². The minimum Gasteiger partial charge on any atom is -0.491 e. The maximum Gasteiger partial charge on any atom is 0.142 e. The number of nitrogens with one attached hydrogen (secondary N) is 1. The molecule has 4 N–H and O–H groups in total. The van der Waals surface area contributed by atoms with Crippen molar-refractivity contribution in [3.05, 3.63) is 22.3 Å². The summed E-state index contributed by atoms with van der Waals surface area (Å²) in [6.45, 7) is 1.09. The molecule has 1 aliphatic rings. The average molecular weight is 258 g/mol. The molecule has 1 heterocycles. The zero-order chi connectivity index (χ0) is 13.7. The predicted octanol–water partition coefficient (Wildman–Crippen LogP) is -0.730. The number of aliphatic hydroxyl groups is 3. The van der Waals surface area contributed by atoms with Gasteiger partial charge in [-0.1, -0.05) is 5.11 Å². The summed E-state index contributed by atoms with van der Waals surface area (Å²) in [6, 6.07) is -1.01. The van der Waals surface area contributed by atoms with Crippen LogP contribution in [-0.4, -0.2) is 59.4 Å². The number of aliphatic hydroxyl groups excluding tert-OH is 3. The summed E-state index contributed by atoms with van der Waals surface area (Å²) in [4.78, 5) is 2.74. The number of likely N-dealkylation sites (N-methyl/N-ethyl adjacent to an activating group) is 1. The van der Waals surface area contributed by atoms with Gasteiger partial charge in [-0.25, -0.2) is 0 Å². The van der Waals surface area contributed by atoms with Crippen molar-refractivity contribution in [3.63, 3.8) is 0 Å². The molecular weight excluding hydrogens is 240 g/mol. The fourth-order valence-corrected chi connectivity index (χ4v) is 1.97. The van der Waals surface area contributed by atoms with Crippen LogP contribution in [0.5, 0.6) is 0 Å². The van der Waals surface area contributed by atoms with E-state index < -0.39 is 37.0 Å². The van der Waals surface area contributed by atoms with E-state index in [2.05, 4.69) is 15.3 Å². The van der Waals surface area contributed by atoms with Crippen LogP contribution >= 0.6 is 0 Å². The fraction of sp³-hybridized carbons (Fsp3) is 0.800. The molecule has 0 aliphatic carbocycles. The Morgan fingerprint density at radius 2 is 2.28 bits per heavy atom. The van der Waals surface area contributed by atoms with Crippen molar-refractivity contribution >= 4 is 0 Å². The largest absolute Gasteiger partial charge is 0.491 e. The predicted molar refractivity (Wildman–Crippen MR) is 63.5 cm³/mol. The summed E-state index contributed by atoms with van der Waals surface area (Å²) < 4.78 is 5.45. The first kappa shape index (κ1) is 14.7. The molecule has 1 aliphatic heterocycles. The van der Waals surface area contributed by atoms with Crippen molar-refractivity contribution in [1.82, 2.24) is 5.32 Å². The summed E-state index contributed by atoms with van der Waals surface area (Å²) in [5.74, 6) is 0.494. The summed E-state index contributed by atoms with van der Waals surface area (Å²) in [7, 11) is 1.63. The van der Waals surface area contributed by atoms with Crippen molar-refractivity contribution in [2.45, 2.75) is 37.3 Å². The molecule has 0 bridgehead atoms. The summed E-state index contributed by atoms with van der Waals surface area (Å²) in [6.07, 6.45) is -1.77. The van der Waals surface area contributed by atoms with Gasteiger partial charge in [-0.05, 0) is 25.6 Å². The number of nitrogens with zero attached hydrogens (tertiary/aromatic N) is 3. The van der Waals surface area contributed by atoms with Crippen LogP contribution < -0.4 is 5.32 Å². The van der Waals surface area contributed by atoms with E-state index in [1.165, 1.54) is 0 Å². The molecule has 8 nitrogen and oxygen atoms in total. The average Bonchev–Trinajstić information content (AvgIpc) is 2.36. The van der Waals surface area contributed by atoms with Crippen LogP contribution in [0.3, 0.4) is 0 Å². The van der Waals surface area contributed by atoms with E-state index in [1.54, 1.807) is 20.0 Å². The number of hydrogen-bond acceptors (Lipinski definition) is 6. The first-order valence-electron chi connectivity index (χ1n) is 5.58. The first-order chi connectivity index (χ1) is 8.54. The lowest BCUT2D eigenvalue weighted by molar-refractivity contribution is -0.102. The maximum absolute atomic E-state index is 9.91. The monoisotopic (exact) mass is 258 g/mol. The van der Waals surface area contributed by atoms with Crippen molar-refractivity contribution in [3.8, 4) is 0 Å². The molecule has 0 saturated heterocycles. The van der Waals surface area contributed by atoms with Gasteiger partial charge in [-0.15, -0.1) is 0 Å². The summed E-state index contributed by atoms with van der Waals surface area (Å²) >= 11 is 0. The van der Waals surface area contributed by atoms with Crippen LogP contribution in [0.25, 0.3) is 10.4 Å². The Hall–Kier alpha value is -1.31. The molecule has 0 amide bonds. The topological polar surface area (TPSA) is 131 Å². The Morgan fingerprint density at radius 1 is 1.61 bits per heavy atom. The van der Waals surface area contributed by atoms with Crippen molar-refractivity contribution in [1.29, 1.82) is 0 Å². The molecule has 8 heteroatoms. The highest BCUT2D eigenvalue weighted by molar-refractivity contribution is 5.12. The number of rotatable bonds is 5. The molecule has 18 heavy (non-hydrogen) atoms. The molecule has 0 fully saturated rings. The van der Waals surface area contributed by atoms with Crippen molar-refractivity contribution in [2.24, 2.45) is 5.11 Å². The van der Waals surface area contributed by atoms with E-state index in [-0.39, 0.29) is 0 Å². The molecule has 0 aromatic heterocycles. The zero-order valence-corrected chi connectivity index (χ0v) is 10.3. The molecular formula is C10H18N4O4. The molecule has 1 rings (SSSR count). The normalized spacial score (nSPS) is 30.7. The highest BCUT2D eigenvalue weighted by Gasteiger charge is 2.39. The van der Waals surface area contributed by atoms with E-state index in [0.29, 0.717) is 5.76 Å². The third-order valence-electron chi connectivity index (χ3n) is 2.89. The third kappa shape index (κ3) is 3.12. The maximum atomic E-state index is 9.91. The van der Waals surface area contributed by atoms with Gasteiger partial charge in [-0.2, -0.15) is 0 Å². The van der Waals surface area contributed by atoms with Crippen LogP contribution in [0, 0.1) is 0 Å². The highest BCUT2D eigenvalue weighted by atomic mass is 16.5. The lowest BCUT2D eigenvalue weighted by Crippen LogP contribution is -2.57. The van der Waals surface area contributed by atoms with Gasteiger partial charge in [0.25, 0.3) is 0 Å². The summed E-state index contributed by atoms with van der Waals surface area (Å²) in [5.41, 5.74) is 8.51. The van der Waals surface area contributed by atoms with E-state index in [9.17, 15) is 10.2 Å². The van der Waals surface area contributed by atoms with Gasteiger partial charge >= 0.3 is 0 Å². The number of azide groups is 1. The zero-order valence-electron chi connectivity index (χ0n) is 10.3. The highest BCUT2D eigenvalue weighted by Crippen LogP contribution is 2.23. The first-order valence-corrected chi connectivity index (χ1v) is 5.58. The molecule has 0 unspecified atom stereocenters. The second-order valence-electron chi connectivity index (χ2n) is 4.11. The van der Waals surface area contributed by atoms with Gasteiger partial charge in [0.1, 0.15) is 18.3 Å².